The van der Waals surface area contributed by atoms with Crippen molar-refractivity contribution in [2.45, 2.75) is 19.4 Å². The second-order valence-electron chi connectivity index (χ2n) is 7.67. The maximum Gasteiger partial charge on any atom is 0.273 e. The van der Waals surface area contributed by atoms with Gasteiger partial charge < -0.3 is 14.4 Å². The van der Waals surface area contributed by atoms with Crippen LogP contribution in [0.3, 0.4) is 0 Å². The normalized spacial score (nSPS) is 15.1. The Labute approximate surface area is 186 Å². The van der Waals surface area contributed by atoms with Crippen molar-refractivity contribution in [3.63, 3.8) is 0 Å². The molecule has 4 rings (SSSR count). The molecule has 3 aromatic carbocycles. The van der Waals surface area contributed by atoms with Gasteiger partial charge in [-0.15, -0.1) is 0 Å². The van der Waals surface area contributed by atoms with E-state index in [0.29, 0.717) is 35.6 Å². The quantitative estimate of drug-likeness (QED) is 0.431. The van der Waals surface area contributed by atoms with Gasteiger partial charge in [0, 0.05) is 23.7 Å². The van der Waals surface area contributed by atoms with E-state index in [9.17, 15) is 14.9 Å². The molecule has 0 spiro atoms. The second kappa shape index (κ2) is 8.70. The van der Waals surface area contributed by atoms with Crippen LogP contribution in [0, 0.1) is 17.0 Å². The Morgan fingerprint density at radius 3 is 2.38 bits per heavy atom. The van der Waals surface area contributed by atoms with E-state index in [0.717, 1.165) is 16.7 Å². The third-order valence-electron chi connectivity index (χ3n) is 5.98. The molecule has 0 aliphatic carbocycles. The lowest BCUT2D eigenvalue weighted by Crippen LogP contribution is -2.41. The molecule has 1 unspecified atom stereocenters. The van der Waals surface area contributed by atoms with Gasteiger partial charge in [0.1, 0.15) is 0 Å². The molecule has 164 valence electrons. The van der Waals surface area contributed by atoms with Crippen LogP contribution in [0.4, 0.5) is 5.69 Å². The molecule has 1 amide bonds. The molecule has 3 aromatic rings. The van der Waals surface area contributed by atoms with Gasteiger partial charge >= 0.3 is 0 Å². The molecule has 0 bridgehead atoms. The summed E-state index contributed by atoms with van der Waals surface area (Å²) >= 11 is 0. The fraction of sp³-hybridized carbons (Fsp3) is 0.240. The molecule has 32 heavy (non-hydrogen) atoms. The standard InChI is InChI=1S/C25H24N2O5/c1-16-19(10-7-11-21(16)27(29)30)25(28)26-13-12-18-14-22(31-2)23(32-3)15-20(18)24(26)17-8-5-4-6-9-17/h4-11,14-15,24H,12-13H2,1-3H3. The summed E-state index contributed by atoms with van der Waals surface area (Å²) in [4.78, 5) is 26.5. The molecule has 0 saturated heterocycles. The van der Waals surface area contributed by atoms with Gasteiger partial charge in [0.05, 0.1) is 25.2 Å². The van der Waals surface area contributed by atoms with E-state index in [4.69, 9.17) is 9.47 Å². The molecule has 7 nitrogen and oxygen atoms in total. The summed E-state index contributed by atoms with van der Waals surface area (Å²) in [6.45, 7) is 2.09. The highest BCUT2D eigenvalue weighted by Crippen LogP contribution is 2.41. The van der Waals surface area contributed by atoms with Crippen LogP contribution in [0.2, 0.25) is 0 Å². The summed E-state index contributed by atoms with van der Waals surface area (Å²) in [6.07, 6.45) is 0.638. The largest absolute Gasteiger partial charge is 0.493 e. The van der Waals surface area contributed by atoms with E-state index in [2.05, 4.69) is 0 Å². The highest BCUT2D eigenvalue weighted by molar-refractivity contribution is 5.97. The van der Waals surface area contributed by atoms with Crippen molar-refractivity contribution >= 4 is 11.6 Å². The predicted molar refractivity (Wildman–Crippen MR) is 120 cm³/mol. The summed E-state index contributed by atoms with van der Waals surface area (Å²) in [5, 5.41) is 11.4. The molecule has 1 heterocycles. The Hall–Kier alpha value is -3.87. The monoisotopic (exact) mass is 432 g/mol. The topological polar surface area (TPSA) is 81.9 Å². The first-order chi connectivity index (χ1) is 15.5. The average molecular weight is 432 g/mol. The first-order valence-electron chi connectivity index (χ1n) is 10.3. The van der Waals surface area contributed by atoms with Crippen LogP contribution < -0.4 is 9.47 Å². The number of carbonyl (C=O) groups is 1. The van der Waals surface area contributed by atoms with Gasteiger partial charge in [-0.05, 0) is 48.2 Å². The second-order valence-corrected chi connectivity index (χ2v) is 7.67. The lowest BCUT2D eigenvalue weighted by atomic mass is 9.87. The van der Waals surface area contributed by atoms with Crippen molar-refractivity contribution < 1.29 is 19.2 Å². The van der Waals surface area contributed by atoms with Crippen LogP contribution in [0.25, 0.3) is 0 Å². The maximum absolute atomic E-state index is 13.7. The summed E-state index contributed by atoms with van der Waals surface area (Å²) in [5.41, 5.74) is 3.64. The van der Waals surface area contributed by atoms with Crippen molar-refractivity contribution in [2.75, 3.05) is 20.8 Å². The Morgan fingerprint density at radius 1 is 1.03 bits per heavy atom. The predicted octanol–water partition coefficient (Wildman–Crippen LogP) is 4.71. The summed E-state index contributed by atoms with van der Waals surface area (Å²) in [5.74, 6) is 1.00. The Kier molecular flexibility index (Phi) is 5.81. The minimum Gasteiger partial charge on any atom is -0.493 e. The Bertz CT molecular complexity index is 1180. The lowest BCUT2D eigenvalue weighted by molar-refractivity contribution is -0.385. The third kappa shape index (κ3) is 3.66. The van der Waals surface area contributed by atoms with E-state index in [-0.39, 0.29) is 17.6 Å². The minimum atomic E-state index is -0.455. The van der Waals surface area contributed by atoms with Gasteiger partial charge in [0.2, 0.25) is 0 Å². The Balaban J connectivity index is 1.86. The molecule has 1 aliphatic rings. The highest BCUT2D eigenvalue weighted by atomic mass is 16.6. The molecular formula is C25H24N2O5. The molecule has 7 heteroatoms. The molecular weight excluding hydrogens is 408 g/mol. The molecule has 0 fully saturated rings. The SMILES string of the molecule is COc1cc2c(cc1OC)C(c1ccccc1)N(C(=O)c1cccc([N+](=O)[O-])c1C)CC2. The van der Waals surface area contributed by atoms with E-state index in [1.807, 2.05) is 42.5 Å². The minimum absolute atomic E-state index is 0.0593. The number of fused-ring (bicyclic) bond motifs is 1. The summed E-state index contributed by atoms with van der Waals surface area (Å²) < 4.78 is 11.0. The van der Waals surface area contributed by atoms with Gasteiger partial charge in [-0.3, -0.25) is 14.9 Å². The first kappa shape index (κ1) is 21.4. The number of nitro groups is 1. The molecule has 0 radical (unpaired) electrons. The number of hydrogen-bond acceptors (Lipinski definition) is 5. The number of hydrogen-bond donors (Lipinski definition) is 0. The van der Waals surface area contributed by atoms with Crippen molar-refractivity contribution in [1.82, 2.24) is 4.90 Å². The molecule has 0 saturated carbocycles. The zero-order chi connectivity index (χ0) is 22.8. The number of methoxy groups -OCH3 is 2. The van der Waals surface area contributed by atoms with Crippen molar-refractivity contribution in [2.24, 2.45) is 0 Å². The van der Waals surface area contributed by atoms with E-state index < -0.39 is 4.92 Å². The number of nitrogens with zero attached hydrogens (tertiary/aromatic N) is 2. The Morgan fingerprint density at radius 2 is 1.72 bits per heavy atom. The fourth-order valence-corrected chi connectivity index (χ4v) is 4.37. The van der Waals surface area contributed by atoms with E-state index in [1.165, 1.54) is 6.07 Å². The summed E-state index contributed by atoms with van der Waals surface area (Å²) in [7, 11) is 3.18. The number of benzene rings is 3. The van der Waals surface area contributed by atoms with Crippen LogP contribution >= 0.6 is 0 Å². The molecule has 1 atom stereocenters. The van der Waals surface area contributed by atoms with Gasteiger partial charge in [0.25, 0.3) is 11.6 Å². The lowest BCUT2D eigenvalue weighted by Gasteiger charge is -2.38. The number of nitro benzene ring substituents is 1. The number of ether oxygens (including phenoxy) is 2. The van der Waals surface area contributed by atoms with Crippen LogP contribution in [0.1, 0.15) is 38.7 Å². The maximum atomic E-state index is 13.7. The van der Waals surface area contributed by atoms with Gasteiger partial charge in [-0.2, -0.15) is 0 Å². The summed E-state index contributed by atoms with van der Waals surface area (Å²) in [6, 6.07) is 17.9. The average Bonchev–Trinajstić information content (AvgIpc) is 2.82. The number of rotatable bonds is 5. The van der Waals surface area contributed by atoms with Crippen molar-refractivity contribution in [1.29, 1.82) is 0 Å². The molecule has 1 aliphatic heterocycles. The zero-order valence-corrected chi connectivity index (χ0v) is 18.2. The van der Waals surface area contributed by atoms with Gasteiger partial charge in [-0.1, -0.05) is 36.4 Å². The first-order valence-corrected chi connectivity index (χ1v) is 10.3. The van der Waals surface area contributed by atoms with Crippen LogP contribution in [-0.2, 0) is 6.42 Å². The van der Waals surface area contributed by atoms with E-state index >= 15 is 0 Å². The highest BCUT2D eigenvalue weighted by Gasteiger charge is 2.35. The fourth-order valence-electron chi connectivity index (χ4n) is 4.37. The van der Waals surface area contributed by atoms with Crippen molar-refractivity contribution in [3.05, 3.63) is 98.6 Å². The smallest absolute Gasteiger partial charge is 0.273 e. The van der Waals surface area contributed by atoms with Crippen LogP contribution in [0.15, 0.2) is 60.7 Å². The van der Waals surface area contributed by atoms with Crippen LogP contribution in [0.5, 0.6) is 11.5 Å². The van der Waals surface area contributed by atoms with Crippen LogP contribution in [-0.4, -0.2) is 36.5 Å². The number of amides is 1. The molecule has 0 N–H and O–H groups in total. The number of carbonyl (C=O) groups excluding carboxylic acids is 1. The third-order valence-corrected chi connectivity index (χ3v) is 5.98. The van der Waals surface area contributed by atoms with E-state index in [1.54, 1.807) is 38.2 Å². The van der Waals surface area contributed by atoms with Gasteiger partial charge in [0.15, 0.2) is 11.5 Å². The molecule has 0 aromatic heterocycles. The van der Waals surface area contributed by atoms with Crippen molar-refractivity contribution in [3.8, 4) is 11.5 Å². The zero-order valence-electron chi connectivity index (χ0n) is 18.2. The van der Waals surface area contributed by atoms with Gasteiger partial charge in [-0.25, -0.2) is 0 Å².